The van der Waals surface area contributed by atoms with E-state index >= 15 is 0 Å². The van der Waals surface area contributed by atoms with Crippen molar-refractivity contribution in [3.8, 4) is 0 Å². The monoisotopic (exact) mass is 372 g/mol. The Morgan fingerprint density at radius 2 is 1.92 bits per heavy atom. The van der Waals surface area contributed by atoms with Gasteiger partial charge in [0, 0.05) is 37.6 Å². The molecule has 0 aliphatic carbocycles. The Bertz CT molecular complexity index is 768. The molecule has 2 amide bonds. The molecule has 1 aromatic carbocycles. The molecule has 1 aromatic heterocycles. The van der Waals surface area contributed by atoms with Crippen LogP contribution in [0.5, 0.6) is 0 Å². The van der Waals surface area contributed by atoms with E-state index in [9.17, 15) is 9.59 Å². The Morgan fingerprint density at radius 3 is 2.58 bits per heavy atom. The maximum Gasteiger partial charge on any atom is 0.261 e. The Labute approximate surface area is 157 Å². The molecule has 2 heterocycles. The van der Waals surface area contributed by atoms with Crippen molar-refractivity contribution in [1.29, 1.82) is 0 Å². The number of hydrogen-bond donors (Lipinski definition) is 2. The maximum atomic E-state index is 12.1. The smallest absolute Gasteiger partial charge is 0.261 e. The van der Waals surface area contributed by atoms with E-state index in [1.807, 2.05) is 23.6 Å². The Hall–Kier alpha value is -2.38. The molecule has 3 rings (SSSR count). The average molecular weight is 372 g/mol. The van der Waals surface area contributed by atoms with Gasteiger partial charge >= 0.3 is 0 Å². The van der Waals surface area contributed by atoms with E-state index in [1.165, 1.54) is 17.0 Å². The van der Waals surface area contributed by atoms with Crippen LogP contribution in [0.1, 0.15) is 15.2 Å². The van der Waals surface area contributed by atoms with E-state index < -0.39 is 0 Å². The van der Waals surface area contributed by atoms with Crippen molar-refractivity contribution in [2.24, 2.45) is 0 Å². The summed E-state index contributed by atoms with van der Waals surface area (Å²) < 4.78 is 0. The molecule has 1 aliphatic rings. The molecule has 2 N–H and O–H groups in total. The topological polar surface area (TPSA) is 64.7 Å². The number of likely N-dealkylation sites (N-methyl/N-ethyl adjacent to an activating group) is 1. The summed E-state index contributed by atoms with van der Waals surface area (Å²) in [6.07, 6.45) is 0. The quantitative estimate of drug-likeness (QED) is 0.844. The van der Waals surface area contributed by atoms with Gasteiger partial charge in [-0.2, -0.15) is 0 Å². The minimum atomic E-state index is -0.235. The predicted octanol–water partition coefficient (Wildman–Crippen LogP) is 2.18. The molecule has 0 unspecified atom stereocenters. The predicted molar refractivity (Wildman–Crippen MR) is 106 cm³/mol. The molecule has 26 heavy (non-hydrogen) atoms. The molecule has 138 valence electrons. The number of nitrogens with one attached hydrogen (secondary N) is 2. The van der Waals surface area contributed by atoms with E-state index in [1.54, 1.807) is 6.07 Å². The molecule has 1 fully saturated rings. The van der Waals surface area contributed by atoms with E-state index in [-0.39, 0.29) is 18.4 Å². The van der Waals surface area contributed by atoms with Crippen molar-refractivity contribution < 1.29 is 9.59 Å². The molecule has 0 spiro atoms. The number of piperazine rings is 1. The summed E-state index contributed by atoms with van der Waals surface area (Å²) in [4.78, 5) is 29.3. The van der Waals surface area contributed by atoms with E-state index in [0.29, 0.717) is 4.88 Å². The van der Waals surface area contributed by atoms with Crippen LogP contribution in [-0.2, 0) is 4.79 Å². The minimum Gasteiger partial charge on any atom is -0.369 e. The molecule has 0 bridgehead atoms. The third-order valence-electron chi connectivity index (χ3n) is 4.48. The molecule has 6 nitrogen and oxygen atoms in total. The Kier molecular flexibility index (Phi) is 5.90. The number of aryl methyl sites for hydroxylation is 1. The van der Waals surface area contributed by atoms with Gasteiger partial charge in [-0.1, -0.05) is 6.07 Å². The molecular formula is C19H24N4O2S. The van der Waals surface area contributed by atoms with Crippen LogP contribution in [0, 0.1) is 6.92 Å². The van der Waals surface area contributed by atoms with E-state index in [0.717, 1.165) is 37.4 Å². The van der Waals surface area contributed by atoms with Gasteiger partial charge in [-0.3, -0.25) is 9.59 Å². The normalized spacial score (nSPS) is 14.9. The second-order valence-electron chi connectivity index (χ2n) is 6.50. The molecule has 2 aromatic rings. The molecule has 0 radical (unpaired) electrons. The first-order chi connectivity index (χ1) is 12.5. The van der Waals surface area contributed by atoms with Gasteiger partial charge < -0.3 is 20.4 Å². The van der Waals surface area contributed by atoms with Crippen LogP contribution < -0.4 is 15.5 Å². The number of carbonyl (C=O) groups is 2. The van der Waals surface area contributed by atoms with Crippen LogP contribution >= 0.6 is 11.3 Å². The fraction of sp³-hybridized carbons (Fsp3) is 0.368. The van der Waals surface area contributed by atoms with Crippen LogP contribution in [0.4, 0.5) is 11.4 Å². The van der Waals surface area contributed by atoms with Crippen molar-refractivity contribution in [3.05, 3.63) is 46.2 Å². The summed E-state index contributed by atoms with van der Waals surface area (Å²) in [7, 11) is 2.14. The largest absolute Gasteiger partial charge is 0.369 e. The van der Waals surface area contributed by atoms with Gasteiger partial charge in [0.15, 0.2) is 0 Å². The van der Waals surface area contributed by atoms with Gasteiger partial charge in [-0.05, 0) is 49.2 Å². The van der Waals surface area contributed by atoms with Gasteiger partial charge in [0.05, 0.1) is 11.4 Å². The van der Waals surface area contributed by atoms with Crippen LogP contribution in [0.15, 0.2) is 35.7 Å². The van der Waals surface area contributed by atoms with E-state index in [4.69, 9.17) is 0 Å². The summed E-state index contributed by atoms with van der Waals surface area (Å²) in [5.41, 5.74) is 3.09. The zero-order valence-electron chi connectivity index (χ0n) is 15.1. The minimum absolute atomic E-state index is 0.0456. The van der Waals surface area contributed by atoms with Gasteiger partial charge in [0.25, 0.3) is 5.91 Å². The highest BCUT2D eigenvalue weighted by Crippen LogP contribution is 2.24. The van der Waals surface area contributed by atoms with Crippen molar-refractivity contribution in [2.75, 3.05) is 50.0 Å². The number of nitrogens with zero attached hydrogens (tertiary/aromatic N) is 2. The zero-order valence-corrected chi connectivity index (χ0v) is 15.9. The molecule has 0 saturated carbocycles. The standard InChI is InChI=1S/C19H24N4O2S/c1-14-12-15(5-6-16(14)23-9-7-22(2)8-10-23)21-18(24)13-20-19(25)17-4-3-11-26-17/h3-6,11-12H,7-10,13H2,1-2H3,(H,20,25)(H,21,24). The highest BCUT2D eigenvalue weighted by Gasteiger charge is 2.16. The number of rotatable bonds is 5. The molecule has 7 heteroatoms. The van der Waals surface area contributed by atoms with Crippen molar-refractivity contribution >= 4 is 34.5 Å². The number of anilines is 2. The number of carbonyl (C=O) groups excluding carboxylic acids is 2. The van der Waals surface area contributed by atoms with E-state index in [2.05, 4.69) is 40.5 Å². The summed E-state index contributed by atoms with van der Waals surface area (Å²) in [5, 5.41) is 7.31. The lowest BCUT2D eigenvalue weighted by atomic mass is 10.1. The average Bonchev–Trinajstić information content (AvgIpc) is 3.16. The third kappa shape index (κ3) is 4.62. The van der Waals surface area contributed by atoms with Crippen LogP contribution in [0.25, 0.3) is 0 Å². The van der Waals surface area contributed by atoms with Gasteiger partial charge in [0.1, 0.15) is 0 Å². The first-order valence-electron chi connectivity index (χ1n) is 8.68. The summed E-state index contributed by atoms with van der Waals surface area (Å²) in [6.45, 7) is 6.15. The van der Waals surface area contributed by atoms with Crippen LogP contribution in [0.3, 0.4) is 0 Å². The van der Waals surface area contributed by atoms with Gasteiger partial charge in [0.2, 0.25) is 5.91 Å². The van der Waals surface area contributed by atoms with Crippen molar-refractivity contribution in [2.45, 2.75) is 6.92 Å². The van der Waals surface area contributed by atoms with Crippen LogP contribution in [0.2, 0.25) is 0 Å². The number of thiophene rings is 1. The lowest BCUT2D eigenvalue weighted by molar-refractivity contribution is -0.115. The highest BCUT2D eigenvalue weighted by atomic mass is 32.1. The second-order valence-corrected chi connectivity index (χ2v) is 7.45. The maximum absolute atomic E-state index is 12.1. The fourth-order valence-corrected chi connectivity index (χ4v) is 3.64. The van der Waals surface area contributed by atoms with Crippen LogP contribution in [-0.4, -0.2) is 56.5 Å². The zero-order chi connectivity index (χ0) is 18.5. The highest BCUT2D eigenvalue weighted by molar-refractivity contribution is 7.12. The lowest BCUT2D eigenvalue weighted by Crippen LogP contribution is -2.44. The summed E-state index contributed by atoms with van der Waals surface area (Å²) in [5.74, 6) is -0.460. The number of benzene rings is 1. The lowest BCUT2D eigenvalue weighted by Gasteiger charge is -2.35. The van der Waals surface area contributed by atoms with Gasteiger partial charge in [-0.15, -0.1) is 11.3 Å². The fourth-order valence-electron chi connectivity index (χ4n) is 3.00. The van der Waals surface area contributed by atoms with Crippen molar-refractivity contribution in [3.63, 3.8) is 0 Å². The Balaban J connectivity index is 1.54. The van der Waals surface area contributed by atoms with Gasteiger partial charge in [-0.25, -0.2) is 0 Å². The second kappa shape index (κ2) is 8.33. The SMILES string of the molecule is Cc1cc(NC(=O)CNC(=O)c2cccs2)ccc1N1CCN(C)CC1. The molecule has 0 atom stereocenters. The molecular weight excluding hydrogens is 348 g/mol. The summed E-state index contributed by atoms with van der Waals surface area (Å²) >= 11 is 1.35. The van der Waals surface area contributed by atoms with Crippen molar-refractivity contribution in [1.82, 2.24) is 10.2 Å². The molecule has 1 saturated heterocycles. The number of amides is 2. The third-order valence-corrected chi connectivity index (χ3v) is 5.35. The first-order valence-corrected chi connectivity index (χ1v) is 9.56. The first kappa shape index (κ1) is 18.4. The number of hydrogen-bond acceptors (Lipinski definition) is 5. The summed E-state index contributed by atoms with van der Waals surface area (Å²) in [6, 6.07) is 9.50. The molecule has 1 aliphatic heterocycles. The Morgan fingerprint density at radius 1 is 1.15 bits per heavy atom.